The summed E-state index contributed by atoms with van der Waals surface area (Å²) in [7, 11) is 0. The van der Waals surface area contributed by atoms with Crippen LogP contribution in [0.1, 0.15) is 19.3 Å². The molecule has 0 N–H and O–H groups in total. The number of hydroxylamine groups is 2. The maximum atomic E-state index is 5.17. The van der Waals surface area contributed by atoms with Gasteiger partial charge in [0.15, 0.2) is 6.26 Å². The minimum Gasteiger partial charge on any atom is -0.405 e. The van der Waals surface area contributed by atoms with E-state index in [9.17, 15) is 0 Å². The molecule has 0 atom stereocenters. The maximum absolute atomic E-state index is 5.17. The zero-order valence-corrected chi connectivity index (χ0v) is 6.18. The van der Waals surface area contributed by atoms with Crippen molar-refractivity contribution in [2.45, 2.75) is 19.3 Å². The van der Waals surface area contributed by atoms with Crippen LogP contribution < -0.4 is 0 Å². The van der Waals surface area contributed by atoms with E-state index >= 15 is 0 Å². The van der Waals surface area contributed by atoms with Gasteiger partial charge in [0.2, 0.25) is 0 Å². The van der Waals surface area contributed by atoms with Gasteiger partial charge < -0.3 is 4.84 Å². The van der Waals surface area contributed by atoms with E-state index in [1.54, 1.807) is 0 Å². The molecule has 2 nitrogen and oxygen atoms in total. The van der Waals surface area contributed by atoms with Crippen LogP contribution >= 0.6 is 0 Å². The minimum absolute atomic E-state index is 1.04. The van der Waals surface area contributed by atoms with Crippen molar-refractivity contribution >= 4 is 0 Å². The molecule has 1 aliphatic heterocycles. The van der Waals surface area contributed by atoms with E-state index in [1.165, 1.54) is 25.5 Å². The smallest absolute Gasteiger partial charge is 0.153 e. The second-order valence-electron chi connectivity index (χ2n) is 2.42. The average molecular weight is 139 g/mol. The van der Waals surface area contributed by atoms with Gasteiger partial charge in [-0.3, -0.25) is 0 Å². The van der Waals surface area contributed by atoms with Crippen LogP contribution in [0.15, 0.2) is 18.6 Å². The number of hydrogen-bond donors (Lipinski definition) is 0. The molecule has 1 fully saturated rings. The summed E-state index contributed by atoms with van der Waals surface area (Å²) < 4.78 is 0. The highest BCUT2D eigenvalue weighted by Gasteiger charge is 2.08. The van der Waals surface area contributed by atoms with E-state index < -0.39 is 0 Å². The topological polar surface area (TPSA) is 12.5 Å². The molecule has 0 bridgehead atoms. The predicted molar refractivity (Wildman–Crippen MR) is 40.2 cm³/mol. The van der Waals surface area contributed by atoms with Crippen LogP contribution in [-0.2, 0) is 4.84 Å². The Hall–Kier alpha value is -0.720. The first-order chi connectivity index (χ1) is 4.93. The fourth-order valence-electron chi connectivity index (χ4n) is 1.08. The van der Waals surface area contributed by atoms with Crippen LogP contribution in [0.3, 0.4) is 0 Å². The third-order valence-corrected chi connectivity index (χ3v) is 1.60. The van der Waals surface area contributed by atoms with E-state index in [1.807, 2.05) is 5.06 Å². The Bertz CT molecular complexity index is 132. The third-order valence-electron chi connectivity index (χ3n) is 1.60. The molecule has 0 saturated carbocycles. The molecule has 0 unspecified atom stereocenters. The van der Waals surface area contributed by atoms with Gasteiger partial charge in [-0.1, -0.05) is 18.7 Å². The molecule has 0 aliphatic carbocycles. The Morgan fingerprint density at radius 3 is 2.60 bits per heavy atom. The lowest BCUT2D eigenvalue weighted by Crippen LogP contribution is -2.27. The minimum atomic E-state index is 1.04. The normalized spacial score (nSPS) is 19.6. The summed E-state index contributed by atoms with van der Waals surface area (Å²) in [5.41, 5.74) is 2.58. The van der Waals surface area contributed by atoms with E-state index in [0.717, 1.165) is 13.1 Å². The number of rotatable bonds is 2. The molecule has 0 aromatic heterocycles. The van der Waals surface area contributed by atoms with Crippen molar-refractivity contribution in [3.8, 4) is 0 Å². The number of hydrogen-bond acceptors (Lipinski definition) is 2. The quantitative estimate of drug-likeness (QED) is 0.426. The van der Waals surface area contributed by atoms with Crippen molar-refractivity contribution in [3.05, 3.63) is 18.6 Å². The number of nitrogens with zero attached hydrogens (tertiary/aromatic N) is 1. The largest absolute Gasteiger partial charge is 0.405 e. The van der Waals surface area contributed by atoms with Crippen molar-refractivity contribution < 1.29 is 4.84 Å². The zero-order chi connectivity index (χ0) is 7.23. The molecule has 1 heterocycles. The van der Waals surface area contributed by atoms with Crippen molar-refractivity contribution in [1.82, 2.24) is 5.06 Å². The molecule has 0 aromatic carbocycles. The van der Waals surface area contributed by atoms with Gasteiger partial charge in [-0.25, -0.2) is 0 Å². The summed E-state index contributed by atoms with van der Waals surface area (Å²) in [6.45, 7) is 5.49. The highest BCUT2D eigenvalue weighted by molar-refractivity contribution is 4.65. The van der Waals surface area contributed by atoms with Gasteiger partial charge in [0.1, 0.15) is 0 Å². The second-order valence-corrected chi connectivity index (χ2v) is 2.42. The van der Waals surface area contributed by atoms with Crippen LogP contribution in [0.2, 0.25) is 0 Å². The third kappa shape index (κ3) is 2.26. The van der Waals surface area contributed by atoms with Gasteiger partial charge >= 0.3 is 0 Å². The van der Waals surface area contributed by atoms with E-state index in [4.69, 9.17) is 4.84 Å². The van der Waals surface area contributed by atoms with E-state index in [2.05, 4.69) is 12.3 Å². The molecule has 1 saturated heterocycles. The fourth-order valence-corrected chi connectivity index (χ4v) is 1.08. The predicted octanol–water partition coefficient (Wildman–Crippen LogP) is 1.70. The Morgan fingerprint density at radius 2 is 2.00 bits per heavy atom. The molecule has 2 heteroatoms. The first-order valence-corrected chi connectivity index (χ1v) is 3.69. The molecule has 56 valence electrons. The molecule has 0 spiro atoms. The highest BCUT2D eigenvalue weighted by atomic mass is 16.7. The molecule has 10 heavy (non-hydrogen) atoms. The van der Waals surface area contributed by atoms with Crippen LogP contribution in [-0.4, -0.2) is 18.2 Å². The van der Waals surface area contributed by atoms with Crippen molar-refractivity contribution in [1.29, 1.82) is 0 Å². The standard InChI is InChI=1S/C8H13NO/c1-2-8-10-9-6-4-3-5-7-9/h8H,1,3-7H2. The summed E-state index contributed by atoms with van der Waals surface area (Å²) in [5, 5.41) is 1.95. The van der Waals surface area contributed by atoms with Crippen molar-refractivity contribution in [3.63, 3.8) is 0 Å². The van der Waals surface area contributed by atoms with Gasteiger partial charge in [-0.15, -0.1) is 5.06 Å². The van der Waals surface area contributed by atoms with Crippen molar-refractivity contribution in [2.75, 3.05) is 13.1 Å². The Balaban J connectivity index is 2.19. The van der Waals surface area contributed by atoms with Crippen LogP contribution in [0, 0.1) is 0 Å². The molecule has 1 rings (SSSR count). The van der Waals surface area contributed by atoms with Crippen LogP contribution in [0.4, 0.5) is 0 Å². The van der Waals surface area contributed by atoms with Gasteiger partial charge in [0.25, 0.3) is 0 Å². The van der Waals surface area contributed by atoms with Gasteiger partial charge in [0.05, 0.1) is 0 Å². The summed E-state index contributed by atoms with van der Waals surface area (Å²) >= 11 is 0. The van der Waals surface area contributed by atoms with Crippen LogP contribution in [0.5, 0.6) is 0 Å². The first-order valence-electron chi connectivity index (χ1n) is 3.69. The summed E-state index contributed by atoms with van der Waals surface area (Å²) in [6, 6.07) is 0. The van der Waals surface area contributed by atoms with Gasteiger partial charge in [-0.05, 0) is 12.8 Å². The highest BCUT2D eigenvalue weighted by Crippen LogP contribution is 2.08. The Kier molecular flexibility index (Phi) is 3.07. The lowest BCUT2D eigenvalue weighted by atomic mass is 10.2. The molecular weight excluding hydrogens is 126 g/mol. The summed E-state index contributed by atoms with van der Waals surface area (Å²) in [6.07, 6.45) is 5.32. The SMILES string of the molecule is C=C=CON1CCCCC1. The summed E-state index contributed by atoms with van der Waals surface area (Å²) in [5.74, 6) is 0. The average Bonchev–Trinajstić information content (AvgIpc) is 2.03. The Morgan fingerprint density at radius 1 is 1.30 bits per heavy atom. The van der Waals surface area contributed by atoms with E-state index in [0.29, 0.717) is 0 Å². The van der Waals surface area contributed by atoms with Gasteiger partial charge in [-0.2, -0.15) is 0 Å². The Labute approximate surface area is 61.7 Å². The first kappa shape index (κ1) is 7.39. The zero-order valence-electron chi connectivity index (χ0n) is 6.18. The van der Waals surface area contributed by atoms with Crippen LogP contribution in [0.25, 0.3) is 0 Å². The monoisotopic (exact) mass is 139 g/mol. The molecule has 0 radical (unpaired) electrons. The lowest BCUT2D eigenvalue weighted by Gasteiger charge is -2.23. The second kappa shape index (κ2) is 4.15. The maximum Gasteiger partial charge on any atom is 0.153 e. The molecule has 1 aliphatic rings. The lowest BCUT2D eigenvalue weighted by molar-refractivity contribution is -0.114. The molecular formula is C8H13NO. The summed E-state index contributed by atoms with van der Waals surface area (Å²) in [4.78, 5) is 5.17. The van der Waals surface area contributed by atoms with E-state index in [-0.39, 0.29) is 0 Å². The van der Waals surface area contributed by atoms with Crippen molar-refractivity contribution in [2.24, 2.45) is 0 Å². The van der Waals surface area contributed by atoms with Gasteiger partial charge in [0, 0.05) is 13.1 Å². The number of piperidine rings is 1. The molecule has 0 amide bonds. The molecule has 0 aromatic rings. The fraction of sp³-hybridized carbons (Fsp3) is 0.625.